The van der Waals surface area contributed by atoms with Crippen molar-refractivity contribution in [2.24, 2.45) is 0 Å². The first-order chi connectivity index (χ1) is 15.7. The Morgan fingerprint density at radius 1 is 0.939 bits per heavy atom. The average Bonchev–Trinajstić information content (AvgIpc) is 3.04. The molecule has 0 saturated carbocycles. The number of likely N-dealkylation sites (tertiary alicyclic amines) is 1. The molecule has 168 valence electrons. The lowest BCUT2D eigenvalue weighted by Crippen LogP contribution is -2.29. The molecule has 1 aliphatic heterocycles. The SMILES string of the molecule is O=C1C(=O)N(Cc2cccc(C(F)(F)F)c2)C(c2ccccc2)/C1=C(\O)c1ccc(Br)cc1. The number of carbonyl (C=O) groups excluding carboxylic acids is 2. The van der Waals surface area contributed by atoms with Crippen LogP contribution in [0.4, 0.5) is 13.2 Å². The minimum Gasteiger partial charge on any atom is -0.507 e. The number of amides is 1. The third-order valence-electron chi connectivity index (χ3n) is 5.38. The molecule has 1 N–H and O–H groups in total. The fourth-order valence-electron chi connectivity index (χ4n) is 3.83. The summed E-state index contributed by atoms with van der Waals surface area (Å²) in [5.74, 6) is -2.13. The summed E-state index contributed by atoms with van der Waals surface area (Å²) < 4.78 is 40.3. The number of Topliss-reactive ketones (excluding diaryl/α,β-unsaturated/α-hetero) is 1. The van der Waals surface area contributed by atoms with Gasteiger partial charge in [0.2, 0.25) is 0 Å². The van der Waals surface area contributed by atoms with Gasteiger partial charge in [-0.15, -0.1) is 0 Å². The second-order valence-corrected chi connectivity index (χ2v) is 8.46. The molecule has 33 heavy (non-hydrogen) atoms. The Balaban J connectivity index is 1.82. The standard InChI is InChI=1S/C25H17BrF3NO3/c26-19-11-9-17(10-12-19)22(31)20-21(16-6-2-1-3-7-16)30(24(33)23(20)32)14-15-5-4-8-18(13-15)25(27,28)29/h1-13,21,31H,14H2/b22-20+. The predicted molar refractivity (Wildman–Crippen MR) is 120 cm³/mol. The number of halogens is 4. The van der Waals surface area contributed by atoms with E-state index in [-0.39, 0.29) is 23.4 Å². The first-order valence-corrected chi connectivity index (χ1v) is 10.7. The molecule has 1 aliphatic rings. The number of ketones is 1. The fraction of sp³-hybridized carbons (Fsp3) is 0.120. The van der Waals surface area contributed by atoms with E-state index >= 15 is 0 Å². The van der Waals surface area contributed by atoms with Crippen LogP contribution in [0.2, 0.25) is 0 Å². The Bertz CT molecular complexity index is 1240. The fourth-order valence-corrected chi connectivity index (χ4v) is 4.10. The van der Waals surface area contributed by atoms with Gasteiger partial charge in [0.15, 0.2) is 0 Å². The lowest BCUT2D eigenvalue weighted by Gasteiger charge is -2.25. The van der Waals surface area contributed by atoms with Gasteiger partial charge in [-0.3, -0.25) is 9.59 Å². The maximum absolute atomic E-state index is 13.2. The molecule has 1 amide bonds. The summed E-state index contributed by atoms with van der Waals surface area (Å²) in [4.78, 5) is 27.2. The van der Waals surface area contributed by atoms with Crippen molar-refractivity contribution in [3.8, 4) is 0 Å². The van der Waals surface area contributed by atoms with Crippen LogP contribution < -0.4 is 0 Å². The summed E-state index contributed by atoms with van der Waals surface area (Å²) in [5.41, 5.74) is 0.165. The zero-order valence-corrected chi connectivity index (χ0v) is 18.6. The van der Waals surface area contributed by atoms with Crippen molar-refractivity contribution in [1.82, 2.24) is 4.90 Å². The zero-order chi connectivity index (χ0) is 23.8. The number of aliphatic hydroxyl groups is 1. The van der Waals surface area contributed by atoms with Crippen LogP contribution in [-0.4, -0.2) is 21.7 Å². The molecule has 3 aromatic carbocycles. The molecule has 0 radical (unpaired) electrons. The van der Waals surface area contributed by atoms with Crippen LogP contribution in [0.3, 0.4) is 0 Å². The minimum absolute atomic E-state index is 0.111. The second-order valence-electron chi connectivity index (χ2n) is 7.54. The first kappa shape index (κ1) is 22.8. The Labute approximate surface area is 196 Å². The molecule has 3 aromatic rings. The highest BCUT2D eigenvalue weighted by Crippen LogP contribution is 2.40. The van der Waals surface area contributed by atoms with E-state index in [0.29, 0.717) is 11.1 Å². The van der Waals surface area contributed by atoms with Gasteiger partial charge < -0.3 is 10.0 Å². The van der Waals surface area contributed by atoms with Crippen LogP contribution in [-0.2, 0) is 22.3 Å². The van der Waals surface area contributed by atoms with Gasteiger partial charge in [0, 0.05) is 16.6 Å². The van der Waals surface area contributed by atoms with E-state index in [1.165, 1.54) is 17.0 Å². The number of carbonyl (C=O) groups is 2. The minimum atomic E-state index is -4.54. The van der Waals surface area contributed by atoms with Crippen molar-refractivity contribution in [2.45, 2.75) is 18.8 Å². The maximum atomic E-state index is 13.2. The lowest BCUT2D eigenvalue weighted by molar-refractivity contribution is -0.140. The Hall–Kier alpha value is -3.39. The molecule has 8 heteroatoms. The molecule has 0 aromatic heterocycles. The maximum Gasteiger partial charge on any atom is 0.416 e. The van der Waals surface area contributed by atoms with Crippen LogP contribution in [0, 0.1) is 0 Å². The van der Waals surface area contributed by atoms with Crippen molar-refractivity contribution in [1.29, 1.82) is 0 Å². The second kappa shape index (κ2) is 8.86. The molecule has 1 saturated heterocycles. The third-order valence-corrected chi connectivity index (χ3v) is 5.91. The molecule has 1 heterocycles. The molecule has 0 bridgehead atoms. The summed E-state index contributed by atoms with van der Waals surface area (Å²) in [6.45, 7) is -0.231. The Kier molecular flexibility index (Phi) is 6.12. The van der Waals surface area contributed by atoms with E-state index < -0.39 is 29.5 Å². The molecular weight excluding hydrogens is 499 g/mol. The van der Waals surface area contributed by atoms with E-state index in [9.17, 15) is 27.9 Å². The normalized spacial score (nSPS) is 18.1. The van der Waals surface area contributed by atoms with Gasteiger partial charge >= 0.3 is 6.18 Å². The van der Waals surface area contributed by atoms with Crippen molar-refractivity contribution < 1.29 is 27.9 Å². The van der Waals surface area contributed by atoms with Gasteiger partial charge in [0.1, 0.15) is 5.76 Å². The van der Waals surface area contributed by atoms with Gasteiger partial charge in [0.05, 0.1) is 17.2 Å². The summed E-state index contributed by atoms with van der Waals surface area (Å²) in [6.07, 6.45) is -4.54. The molecular formula is C25H17BrF3NO3. The summed E-state index contributed by atoms with van der Waals surface area (Å²) >= 11 is 3.31. The smallest absolute Gasteiger partial charge is 0.416 e. The quantitative estimate of drug-likeness (QED) is 0.260. The van der Waals surface area contributed by atoms with E-state index in [0.717, 1.165) is 16.6 Å². The van der Waals surface area contributed by atoms with Gasteiger partial charge in [-0.1, -0.05) is 70.5 Å². The highest BCUT2D eigenvalue weighted by atomic mass is 79.9. The van der Waals surface area contributed by atoms with Crippen molar-refractivity contribution in [2.75, 3.05) is 0 Å². The van der Waals surface area contributed by atoms with Gasteiger partial charge in [0.25, 0.3) is 11.7 Å². The van der Waals surface area contributed by atoms with Crippen molar-refractivity contribution in [3.63, 3.8) is 0 Å². The van der Waals surface area contributed by atoms with Crippen LogP contribution in [0.1, 0.15) is 28.3 Å². The van der Waals surface area contributed by atoms with Gasteiger partial charge in [-0.05, 0) is 35.4 Å². The molecule has 0 spiro atoms. The van der Waals surface area contributed by atoms with E-state index in [1.54, 1.807) is 54.6 Å². The van der Waals surface area contributed by atoms with Crippen LogP contribution in [0.5, 0.6) is 0 Å². The molecule has 0 aliphatic carbocycles. The summed E-state index contributed by atoms with van der Waals surface area (Å²) in [5, 5.41) is 11.0. The average molecular weight is 516 g/mol. The third kappa shape index (κ3) is 4.57. The highest BCUT2D eigenvalue weighted by molar-refractivity contribution is 9.10. The lowest BCUT2D eigenvalue weighted by atomic mass is 9.95. The van der Waals surface area contributed by atoms with E-state index in [2.05, 4.69) is 15.9 Å². The topological polar surface area (TPSA) is 57.6 Å². The van der Waals surface area contributed by atoms with Crippen LogP contribution in [0.15, 0.2) is 88.9 Å². The number of hydrogen-bond donors (Lipinski definition) is 1. The first-order valence-electron chi connectivity index (χ1n) is 9.92. The molecule has 4 rings (SSSR count). The number of benzene rings is 3. The summed E-state index contributed by atoms with van der Waals surface area (Å²) in [6, 6.07) is 18.8. The number of rotatable bonds is 4. The Morgan fingerprint density at radius 2 is 1.61 bits per heavy atom. The van der Waals surface area contributed by atoms with Crippen molar-refractivity contribution in [3.05, 3.63) is 111 Å². The van der Waals surface area contributed by atoms with Gasteiger partial charge in [-0.25, -0.2) is 0 Å². The molecule has 1 unspecified atom stereocenters. The molecule has 4 nitrogen and oxygen atoms in total. The van der Waals surface area contributed by atoms with Crippen molar-refractivity contribution >= 4 is 33.4 Å². The number of nitrogens with zero attached hydrogens (tertiary/aromatic N) is 1. The van der Waals surface area contributed by atoms with E-state index in [1.807, 2.05) is 0 Å². The van der Waals surface area contributed by atoms with E-state index in [4.69, 9.17) is 0 Å². The zero-order valence-electron chi connectivity index (χ0n) is 17.0. The highest BCUT2D eigenvalue weighted by Gasteiger charge is 2.46. The van der Waals surface area contributed by atoms with Gasteiger partial charge in [-0.2, -0.15) is 13.2 Å². The van der Waals surface area contributed by atoms with Crippen LogP contribution >= 0.6 is 15.9 Å². The predicted octanol–water partition coefficient (Wildman–Crippen LogP) is 6.09. The largest absolute Gasteiger partial charge is 0.507 e. The number of alkyl halides is 3. The van der Waals surface area contributed by atoms with Crippen LogP contribution in [0.25, 0.3) is 5.76 Å². The monoisotopic (exact) mass is 515 g/mol. The number of hydrogen-bond acceptors (Lipinski definition) is 3. The molecule has 1 atom stereocenters. The summed E-state index contributed by atoms with van der Waals surface area (Å²) in [7, 11) is 0. The Morgan fingerprint density at radius 3 is 2.24 bits per heavy atom. The molecule has 1 fully saturated rings. The number of aliphatic hydroxyl groups excluding tert-OH is 1.